The van der Waals surface area contributed by atoms with Gasteiger partial charge in [-0.3, -0.25) is 4.99 Å². The molecular formula is C8H11ClF3NS. The first-order chi connectivity index (χ1) is 6.40. The Hall–Kier alpha value is -0.160. The molecule has 0 amide bonds. The molecule has 0 aliphatic rings. The third kappa shape index (κ3) is 6.32. The molecule has 0 aromatic heterocycles. The van der Waals surface area contributed by atoms with E-state index in [0.717, 1.165) is 6.08 Å². The Bertz CT molecular complexity index is 235. The Balaban J connectivity index is 4.43. The molecule has 82 valence electrons. The van der Waals surface area contributed by atoms with E-state index in [-0.39, 0.29) is 5.03 Å². The number of rotatable bonds is 3. The second-order valence-corrected chi connectivity index (χ2v) is 3.56. The van der Waals surface area contributed by atoms with Crippen molar-refractivity contribution in [2.24, 2.45) is 4.99 Å². The maximum Gasteiger partial charge on any atom is 0.392 e. The SMILES string of the molecule is CCN=C(SC)/C(Cl)=C\CC(F)(F)F. The molecule has 0 unspecified atom stereocenters. The van der Waals surface area contributed by atoms with Gasteiger partial charge in [0, 0.05) is 6.54 Å². The van der Waals surface area contributed by atoms with Gasteiger partial charge in [0.15, 0.2) is 0 Å². The third-order valence-electron chi connectivity index (χ3n) is 1.21. The quantitative estimate of drug-likeness (QED) is 0.544. The summed E-state index contributed by atoms with van der Waals surface area (Å²) in [6.45, 7) is 2.30. The predicted octanol–water partition coefficient (Wildman–Crippen LogP) is 3.84. The highest BCUT2D eigenvalue weighted by atomic mass is 35.5. The Morgan fingerprint density at radius 3 is 2.43 bits per heavy atom. The smallest absolute Gasteiger partial charge is 0.277 e. The standard InChI is InChI=1S/C8H11ClF3NS/c1-3-13-7(14-2)6(9)4-5-8(10,11)12/h4H,3,5H2,1-2H3/b6-4+,13-7?. The normalized spacial score (nSPS) is 14.7. The van der Waals surface area contributed by atoms with Crippen LogP contribution in [0.3, 0.4) is 0 Å². The molecule has 0 saturated carbocycles. The van der Waals surface area contributed by atoms with E-state index in [4.69, 9.17) is 11.6 Å². The van der Waals surface area contributed by atoms with Crippen molar-refractivity contribution in [2.75, 3.05) is 12.8 Å². The molecule has 0 atom stereocenters. The lowest BCUT2D eigenvalue weighted by molar-refractivity contribution is -0.125. The summed E-state index contributed by atoms with van der Waals surface area (Å²) in [5.41, 5.74) is 0. The van der Waals surface area contributed by atoms with Gasteiger partial charge in [0.1, 0.15) is 5.04 Å². The lowest BCUT2D eigenvalue weighted by Crippen LogP contribution is -2.05. The average Bonchev–Trinajstić information content (AvgIpc) is 2.09. The van der Waals surface area contributed by atoms with Crippen LogP contribution in [0.5, 0.6) is 0 Å². The number of hydrogen-bond acceptors (Lipinski definition) is 2. The van der Waals surface area contributed by atoms with Crippen molar-refractivity contribution in [1.82, 2.24) is 0 Å². The van der Waals surface area contributed by atoms with Crippen molar-refractivity contribution in [1.29, 1.82) is 0 Å². The zero-order chi connectivity index (χ0) is 11.2. The first-order valence-corrected chi connectivity index (χ1v) is 5.52. The molecule has 0 aromatic rings. The lowest BCUT2D eigenvalue weighted by atomic mass is 10.4. The Morgan fingerprint density at radius 1 is 1.50 bits per heavy atom. The van der Waals surface area contributed by atoms with Gasteiger partial charge in [-0.05, 0) is 13.2 Å². The molecule has 14 heavy (non-hydrogen) atoms. The number of thioether (sulfide) groups is 1. The van der Waals surface area contributed by atoms with Gasteiger partial charge in [-0.15, -0.1) is 11.8 Å². The van der Waals surface area contributed by atoms with Crippen molar-refractivity contribution >= 4 is 28.4 Å². The summed E-state index contributed by atoms with van der Waals surface area (Å²) in [6, 6.07) is 0. The van der Waals surface area contributed by atoms with Crippen LogP contribution in [0.15, 0.2) is 16.1 Å². The number of alkyl halides is 3. The van der Waals surface area contributed by atoms with E-state index in [2.05, 4.69) is 4.99 Å². The van der Waals surface area contributed by atoms with Gasteiger partial charge in [-0.25, -0.2) is 0 Å². The van der Waals surface area contributed by atoms with Crippen LogP contribution < -0.4 is 0 Å². The predicted molar refractivity (Wildman–Crippen MR) is 56.1 cm³/mol. The summed E-state index contributed by atoms with van der Waals surface area (Å²) >= 11 is 6.88. The first-order valence-electron chi connectivity index (χ1n) is 3.92. The number of hydrogen-bond donors (Lipinski definition) is 0. The van der Waals surface area contributed by atoms with Crippen molar-refractivity contribution in [3.05, 3.63) is 11.1 Å². The van der Waals surface area contributed by atoms with Crippen molar-refractivity contribution in [2.45, 2.75) is 19.5 Å². The van der Waals surface area contributed by atoms with Crippen molar-refractivity contribution in [3.63, 3.8) is 0 Å². The van der Waals surface area contributed by atoms with Gasteiger partial charge in [0.2, 0.25) is 0 Å². The highest BCUT2D eigenvalue weighted by molar-refractivity contribution is 8.14. The van der Waals surface area contributed by atoms with Gasteiger partial charge < -0.3 is 0 Å². The molecular weight excluding hydrogens is 235 g/mol. The highest BCUT2D eigenvalue weighted by Crippen LogP contribution is 2.23. The van der Waals surface area contributed by atoms with Gasteiger partial charge in [-0.1, -0.05) is 17.7 Å². The van der Waals surface area contributed by atoms with Crippen molar-refractivity contribution in [3.8, 4) is 0 Å². The van der Waals surface area contributed by atoms with E-state index in [1.165, 1.54) is 11.8 Å². The molecule has 1 nitrogen and oxygen atoms in total. The molecule has 0 heterocycles. The van der Waals surface area contributed by atoms with E-state index in [1.807, 2.05) is 0 Å². The molecule has 0 fully saturated rings. The molecule has 0 spiro atoms. The van der Waals surface area contributed by atoms with Crippen LogP contribution in [-0.2, 0) is 0 Å². The van der Waals surface area contributed by atoms with Crippen LogP contribution in [0.1, 0.15) is 13.3 Å². The molecule has 0 N–H and O–H groups in total. The molecule has 0 saturated heterocycles. The number of halogens is 4. The first kappa shape index (κ1) is 13.8. The second kappa shape index (κ2) is 6.35. The van der Waals surface area contributed by atoms with E-state index >= 15 is 0 Å². The molecule has 0 radical (unpaired) electrons. The summed E-state index contributed by atoms with van der Waals surface area (Å²) in [5, 5.41) is 0.509. The molecule has 0 bridgehead atoms. The van der Waals surface area contributed by atoms with Gasteiger partial charge in [0.05, 0.1) is 11.5 Å². The fourth-order valence-electron chi connectivity index (χ4n) is 0.674. The molecule has 0 aliphatic heterocycles. The minimum Gasteiger partial charge on any atom is -0.277 e. The van der Waals surface area contributed by atoms with Crippen molar-refractivity contribution < 1.29 is 13.2 Å². The zero-order valence-corrected chi connectivity index (χ0v) is 9.43. The zero-order valence-electron chi connectivity index (χ0n) is 7.86. The second-order valence-electron chi connectivity index (χ2n) is 2.35. The minimum atomic E-state index is -4.21. The Labute approximate surface area is 90.4 Å². The average molecular weight is 246 g/mol. The molecule has 0 aromatic carbocycles. The van der Waals surface area contributed by atoms with E-state index < -0.39 is 12.6 Å². The summed E-state index contributed by atoms with van der Waals surface area (Å²) in [5.74, 6) is 0. The Kier molecular flexibility index (Phi) is 6.27. The van der Waals surface area contributed by atoms with Crippen LogP contribution in [0.2, 0.25) is 0 Å². The largest absolute Gasteiger partial charge is 0.392 e. The van der Waals surface area contributed by atoms with Crippen LogP contribution in [0.25, 0.3) is 0 Å². The summed E-state index contributed by atoms with van der Waals surface area (Å²) in [7, 11) is 0. The molecule has 6 heteroatoms. The van der Waals surface area contributed by atoms with E-state index in [0.29, 0.717) is 11.6 Å². The maximum atomic E-state index is 11.8. The fourth-order valence-corrected chi connectivity index (χ4v) is 1.58. The van der Waals surface area contributed by atoms with Crippen LogP contribution in [0, 0.1) is 0 Å². The van der Waals surface area contributed by atoms with Gasteiger partial charge >= 0.3 is 6.18 Å². The van der Waals surface area contributed by atoms with E-state index in [9.17, 15) is 13.2 Å². The fraction of sp³-hybridized carbons (Fsp3) is 0.625. The molecule has 0 rings (SSSR count). The van der Waals surface area contributed by atoms with Gasteiger partial charge in [0.25, 0.3) is 0 Å². The number of allylic oxidation sites excluding steroid dienone is 1. The summed E-state index contributed by atoms with van der Waals surface area (Å²) in [6.07, 6.45) is -2.57. The molecule has 0 aliphatic carbocycles. The van der Waals surface area contributed by atoms with Crippen LogP contribution in [0.4, 0.5) is 13.2 Å². The number of aliphatic imine (C=N–C) groups is 1. The lowest BCUT2D eigenvalue weighted by Gasteiger charge is -2.03. The van der Waals surface area contributed by atoms with Crippen LogP contribution >= 0.6 is 23.4 Å². The summed E-state index contributed by atoms with van der Waals surface area (Å²) in [4.78, 5) is 3.96. The van der Waals surface area contributed by atoms with Crippen LogP contribution in [-0.4, -0.2) is 24.0 Å². The van der Waals surface area contributed by atoms with Gasteiger partial charge in [-0.2, -0.15) is 13.2 Å². The Morgan fingerprint density at radius 2 is 2.07 bits per heavy atom. The monoisotopic (exact) mass is 245 g/mol. The third-order valence-corrected chi connectivity index (χ3v) is 2.39. The van der Waals surface area contributed by atoms with E-state index in [1.54, 1.807) is 13.2 Å². The minimum absolute atomic E-state index is 0.0664. The highest BCUT2D eigenvalue weighted by Gasteiger charge is 2.25. The topological polar surface area (TPSA) is 12.4 Å². The maximum absolute atomic E-state index is 11.8. The number of nitrogens with zero attached hydrogens (tertiary/aromatic N) is 1. The summed E-state index contributed by atoms with van der Waals surface area (Å²) < 4.78 is 35.5.